The molecule has 1 aromatic heterocycles. The normalized spacial score (nSPS) is 10.8. The highest BCUT2D eigenvalue weighted by atomic mass is 32.2. The number of rotatable bonds is 7. The number of carbonyl (C=O) groups is 1. The summed E-state index contributed by atoms with van der Waals surface area (Å²) in [5.41, 5.74) is 2.68. The summed E-state index contributed by atoms with van der Waals surface area (Å²) in [6, 6.07) is 17.0. The third-order valence-corrected chi connectivity index (χ3v) is 6.28. The number of nitro groups is 1. The van der Waals surface area contributed by atoms with Gasteiger partial charge in [-0.3, -0.25) is 24.3 Å². The number of carbonyl (C=O) groups excluding carboxylic acids is 1. The Morgan fingerprint density at radius 2 is 1.91 bits per heavy atom. The highest BCUT2D eigenvalue weighted by Crippen LogP contribution is 2.30. The monoisotopic (exact) mass is 490 g/mol. The van der Waals surface area contributed by atoms with Crippen molar-refractivity contribution >= 4 is 39.9 Å². The van der Waals surface area contributed by atoms with Crippen LogP contribution >= 0.6 is 11.8 Å². The summed E-state index contributed by atoms with van der Waals surface area (Å²) >= 11 is 1.08. The minimum absolute atomic E-state index is 0.0552. The molecule has 1 amide bonds. The van der Waals surface area contributed by atoms with Gasteiger partial charge in [0.15, 0.2) is 5.16 Å². The van der Waals surface area contributed by atoms with E-state index in [4.69, 9.17) is 4.74 Å². The molecule has 0 aliphatic rings. The lowest BCUT2D eigenvalue weighted by atomic mass is 10.1. The molecule has 0 atom stereocenters. The molecule has 0 saturated carbocycles. The molecule has 0 spiro atoms. The van der Waals surface area contributed by atoms with Crippen LogP contribution in [-0.2, 0) is 4.79 Å². The molecule has 35 heavy (non-hydrogen) atoms. The fourth-order valence-corrected chi connectivity index (χ4v) is 4.50. The van der Waals surface area contributed by atoms with E-state index in [9.17, 15) is 19.7 Å². The Kier molecular flexibility index (Phi) is 6.83. The molecule has 1 N–H and O–H groups in total. The molecule has 1 heterocycles. The molecular formula is C25H22N4O5S. The van der Waals surface area contributed by atoms with Crippen molar-refractivity contribution in [3.63, 3.8) is 0 Å². The topological polar surface area (TPSA) is 116 Å². The molecule has 3 aromatic carbocycles. The van der Waals surface area contributed by atoms with Gasteiger partial charge in [-0.2, -0.15) is 0 Å². The molecule has 0 unspecified atom stereocenters. The van der Waals surface area contributed by atoms with E-state index in [1.165, 1.54) is 29.9 Å². The van der Waals surface area contributed by atoms with Crippen LogP contribution in [0.2, 0.25) is 0 Å². The third-order valence-electron chi connectivity index (χ3n) is 5.35. The van der Waals surface area contributed by atoms with E-state index >= 15 is 0 Å². The average molecular weight is 491 g/mol. The maximum absolute atomic E-state index is 13.4. The summed E-state index contributed by atoms with van der Waals surface area (Å²) in [7, 11) is 1.40. The molecule has 0 aliphatic carbocycles. The standard InChI is InChI=1S/C25H22N4O5S/c1-15-8-11-21(16(2)12-15)28-24(31)18-6-4-5-7-19(18)27-25(28)35-14-23(30)26-20-10-9-17(34-3)13-22(20)29(32)33/h4-13H,14H2,1-3H3,(H,26,30). The predicted octanol–water partition coefficient (Wildman–Crippen LogP) is 4.65. The quantitative estimate of drug-likeness (QED) is 0.173. The Hall–Kier alpha value is -4.18. The van der Waals surface area contributed by atoms with E-state index in [2.05, 4.69) is 10.3 Å². The van der Waals surface area contributed by atoms with E-state index in [1.807, 2.05) is 32.0 Å². The van der Waals surface area contributed by atoms with Crippen molar-refractivity contribution in [2.24, 2.45) is 0 Å². The van der Waals surface area contributed by atoms with Gasteiger partial charge in [-0.1, -0.05) is 41.6 Å². The number of nitro benzene ring substituents is 1. The van der Waals surface area contributed by atoms with Crippen LogP contribution in [0.25, 0.3) is 16.6 Å². The molecule has 178 valence electrons. The molecule has 10 heteroatoms. The summed E-state index contributed by atoms with van der Waals surface area (Å²) < 4.78 is 6.53. The van der Waals surface area contributed by atoms with Crippen LogP contribution in [0, 0.1) is 24.0 Å². The molecule has 0 fully saturated rings. The van der Waals surface area contributed by atoms with Crippen molar-refractivity contribution in [1.29, 1.82) is 0 Å². The van der Waals surface area contributed by atoms with Crippen LogP contribution < -0.4 is 15.6 Å². The first-order chi connectivity index (χ1) is 16.8. The number of nitrogens with one attached hydrogen (secondary N) is 1. The maximum atomic E-state index is 13.4. The second-order valence-corrected chi connectivity index (χ2v) is 8.76. The van der Waals surface area contributed by atoms with Crippen molar-refractivity contribution in [2.45, 2.75) is 19.0 Å². The van der Waals surface area contributed by atoms with Crippen LogP contribution in [0.3, 0.4) is 0 Å². The van der Waals surface area contributed by atoms with Crippen LogP contribution in [0.15, 0.2) is 70.6 Å². The summed E-state index contributed by atoms with van der Waals surface area (Å²) in [4.78, 5) is 41.6. The summed E-state index contributed by atoms with van der Waals surface area (Å²) in [5, 5.41) is 14.8. The number of aryl methyl sites for hydroxylation is 2. The number of para-hydroxylation sites is 1. The number of hydrogen-bond donors (Lipinski definition) is 1. The average Bonchev–Trinajstić information content (AvgIpc) is 2.83. The van der Waals surface area contributed by atoms with Gasteiger partial charge < -0.3 is 10.1 Å². The second kappa shape index (κ2) is 9.98. The smallest absolute Gasteiger partial charge is 0.296 e. The van der Waals surface area contributed by atoms with Crippen LogP contribution in [-0.4, -0.2) is 33.2 Å². The molecular weight excluding hydrogens is 468 g/mol. The lowest BCUT2D eigenvalue weighted by molar-refractivity contribution is -0.384. The number of benzene rings is 3. The minimum atomic E-state index is -0.589. The number of thioether (sulfide) groups is 1. The maximum Gasteiger partial charge on any atom is 0.296 e. The molecule has 0 saturated heterocycles. The Morgan fingerprint density at radius 3 is 2.63 bits per heavy atom. The van der Waals surface area contributed by atoms with Crippen LogP contribution in [0.5, 0.6) is 5.75 Å². The van der Waals surface area contributed by atoms with Gasteiger partial charge in [0.2, 0.25) is 5.91 Å². The Morgan fingerprint density at radius 1 is 1.14 bits per heavy atom. The fraction of sp³-hybridized carbons (Fsp3) is 0.160. The van der Waals surface area contributed by atoms with E-state index in [-0.39, 0.29) is 22.7 Å². The first-order valence-corrected chi connectivity index (χ1v) is 11.6. The van der Waals surface area contributed by atoms with Crippen molar-refractivity contribution in [3.05, 3.63) is 92.3 Å². The molecule has 0 aliphatic heterocycles. The Labute approximate surface area is 204 Å². The fourth-order valence-electron chi connectivity index (χ4n) is 3.69. The molecule has 4 aromatic rings. The lowest BCUT2D eigenvalue weighted by Crippen LogP contribution is -2.23. The summed E-state index contributed by atoms with van der Waals surface area (Å²) in [6.07, 6.45) is 0. The molecule has 4 rings (SSSR count). The number of aromatic nitrogens is 2. The van der Waals surface area contributed by atoms with Crippen LogP contribution in [0.4, 0.5) is 11.4 Å². The van der Waals surface area contributed by atoms with Crippen molar-refractivity contribution in [2.75, 3.05) is 18.2 Å². The predicted molar refractivity (Wildman–Crippen MR) is 136 cm³/mol. The zero-order chi connectivity index (χ0) is 25.1. The van der Waals surface area contributed by atoms with Gasteiger partial charge in [0.1, 0.15) is 11.4 Å². The van der Waals surface area contributed by atoms with Crippen molar-refractivity contribution in [1.82, 2.24) is 9.55 Å². The highest BCUT2D eigenvalue weighted by molar-refractivity contribution is 7.99. The summed E-state index contributed by atoms with van der Waals surface area (Å²) in [5.74, 6) is -0.279. The largest absolute Gasteiger partial charge is 0.496 e. The summed E-state index contributed by atoms with van der Waals surface area (Å²) in [6.45, 7) is 3.88. The number of hydrogen-bond acceptors (Lipinski definition) is 7. The van der Waals surface area contributed by atoms with Gasteiger partial charge in [-0.05, 0) is 49.7 Å². The van der Waals surface area contributed by atoms with E-state index < -0.39 is 10.8 Å². The minimum Gasteiger partial charge on any atom is -0.496 e. The van der Waals surface area contributed by atoms with Gasteiger partial charge in [-0.15, -0.1) is 0 Å². The number of anilines is 1. The van der Waals surface area contributed by atoms with Gasteiger partial charge in [-0.25, -0.2) is 4.98 Å². The molecule has 0 radical (unpaired) electrons. The zero-order valence-electron chi connectivity index (χ0n) is 19.3. The zero-order valence-corrected chi connectivity index (χ0v) is 20.1. The Bertz CT molecular complexity index is 1520. The number of ether oxygens (including phenoxy) is 1. The first-order valence-electron chi connectivity index (χ1n) is 10.6. The number of nitrogens with zero attached hydrogens (tertiary/aromatic N) is 3. The SMILES string of the molecule is COc1ccc(NC(=O)CSc2nc3ccccc3c(=O)n2-c2ccc(C)cc2C)c([N+](=O)[O-])c1. The lowest BCUT2D eigenvalue weighted by Gasteiger charge is -2.15. The number of fused-ring (bicyclic) bond motifs is 1. The van der Waals surface area contributed by atoms with Gasteiger partial charge in [0, 0.05) is 0 Å². The molecule has 9 nitrogen and oxygen atoms in total. The highest BCUT2D eigenvalue weighted by Gasteiger charge is 2.19. The first kappa shape index (κ1) is 24.0. The van der Waals surface area contributed by atoms with Gasteiger partial charge in [0.25, 0.3) is 11.2 Å². The van der Waals surface area contributed by atoms with Crippen LogP contribution in [0.1, 0.15) is 11.1 Å². The number of amides is 1. The number of methoxy groups -OCH3 is 1. The van der Waals surface area contributed by atoms with Crippen molar-refractivity contribution in [3.8, 4) is 11.4 Å². The van der Waals surface area contributed by atoms with E-state index in [0.717, 1.165) is 22.9 Å². The van der Waals surface area contributed by atoms with Gasteiger partial charge >= 0.3 is 0 Å². The molecule has 0 bridgehead atoms. The Balaban J connectivity index is 1.67. The van der Waals surface area contributed by atoms with E-state index in [1.54, 1.807) is 24.3 Å². The van der Waals surface area contributed by atoms with Gasteiger partial charge in [0.05, 0.1) is 40.4 Å². The third kappa shape index (κ3) is 5.02. The van der Waals surface area contributed by atoms with Crippen molar-refractivity contribution < 1.29 is 14.5 Å². The second-order valence-electron chi connectivity index (χ2n) is 7.82. The van der Waals surface area contributed by atoms with E-state index in [0.29, 0.717) is 27.5 Å².